The van der Waals surface area contributed by atoms with Gasteiger partial charge in [-0.3, -0.25) is 4.79 Å². The molecule has 1 aromatic heterocycles. The minimum atomic E-state index is 0. The monoisotopic (exact) mass is 314 g/mol. The van der Waals surface area contributed by atoms with Crippen molar-refractivity contribution >= 4 is 5.78 Å². The maximum absolute atomic E-state index is 12.5. The summed E-state index contributed by atoms with van der Waals surface area (Å²) in [6.07, 6.45) is 3.89. The normalized spacial score (nSPS) is 16.0. The number of nitrogens with zero attached hydrogens (tertiary/aromatic N) is 1. The van der Waals surface area contributed by atoms with Crippen molar-refractivity contribution in [2.24, 2.45) is 5.92 Å². The molecule has 0 unspecified atom stereocenters. The molecule has 120 valence electrons. The highest BCUT2D eigenvalue weighted by atomic mass is 35.5. The largest absolute Gasteiger partial charge is 1.00 e. The van der Waals surface area contributed by atoms with Crippen LogP contribution in [-0.2, 0) is 11.3 Å². The Morgan fingerprint density at radius 2 is 2.00 bits per heavy atom. The van der Waals surface area contributed by atoms with Crippen LogP contribution in [0.1, 0.15) is 37.2 Å². The van der Waals surface area contributed by atoms with E-state index < -0.39 is 0 Å². The zero-order chi connectivity index (χ0) is 14.4. The van der Waals surface area contributed by atoms with Crippen LogP contribution in [0.25, 0.3) is 0 Å². The predicted molar refractivity (Wildman–Crippen MR) is 79.2 cm³/mol. The minimum absolute atomic E-state index is 0. The van der Waals surface area contributed by atoms with Crippen LogP contribution in [-0.4, -0.2) is 43.2 Å². The molecular weight excluding hydrogens is 288 g/mol. The molecule has 1 aromatic rings. The van der Waals surface area contributed by atoms with Gasteiger partial charge < -0.3 is 26.6 Å². The SMILES string of the molecule is CCC(CC)C(=O)c1cccn1CC[NH+]1CCOCC1.[Cl-]. The maximum atomic E-state index is 12.5. The number of carbonyl (C=O) groups excluding carboxylic acids is 1. The number of rotatable bonds is 7. The van der Waals surface area contributed by atoms with Crippen LogP contribution < -0.4 is 17.3 Å². The summed E-state index contributed by atoms with van der Waals surface area (Å²) in [5, 5.41) is 0. The van der Waals surface area contributed by atoms with Gasteiger partial charge in [0.05, 0.1) is 32.0 Å². The Balaban J connectivity index is 0.00000220. The number of carbonyl (C=O) groups is 1. The van der Waals surface area contributed by atoms with Crippen molar-refractivity contribution in [2.75, 3.05) is 32.8 Å². The third kappa shape index (κ3) is 4.83. The molecule has 1 fully saturated rings. The highest BCUT2D eigenvalue weighted by Crippen LogP contribution is 2.16. The third-order valence-electron chi connectivity index (χ3n) is 4.34. The van der Waals surface area contributed by atoms with Crippen molar-refractivity contribution in [1.82, 2.24) is 4.57 Å². The minimum Gasteiger partial charge on any atom is -1.00 e. The second kappa shape index (κ2) is 9.23. The topological polar surface area (TPSA) is 35.7 Å². The summed E-state index contributed by atoms with van der Waals surface area (Å²) in [4.78, 5) is 14.1. The number of hydrogen-bond donors (Lipinski definition) is 1. The van der Waals surface area contributed by atoms with Crippen LogP contribution in [0.5, 0.6) is 0 Å². The molecule has 21 heavy (non-hydrogen) atoms. The molecule has 1 N–H and O–H groups in total. The molecule has 2 rings (SSSR count). The van der Waals surface area contributed by atoms with Gasteiger partial charge in [0.2, 0.25) is 0 Å². The molecule has 5 heteroatoms. The fourth-order valence-electron chi connectivity index (χ4n) is 2.89. The molecule has 0 aliphatic carbocycles. The van der Waals surface area contributed by atoms with E-state index in [1.165, 1.54) is 0 Å². The Labute approximate surface area is 133 Å². The van der Waals surface area contributed by atoms with Gasteiger partial charge in [0.25, 0.3) is 0 Å². The lowest BCUT2D eigenvalue weighted by atomic mass is 9.96. The van der Waals surface area contributed by atoms with Crippen molar-refractivity contribution in [3.05, 3.63) is 24.0 Å². The molecule has 0 atom stereocenters. The number of ketones is 1. The summed E-state index contributed by atoms with van der Waals surface area (Å²) in [7, 11) is 0. The van der Waals surface area contributed by atoms with Crippen LogP contribution in [0, 0.1) is 5.92 Å². The van der Waals surface area contributed by atoms with E-state index in [4.69, 9.17) is 4.74 Å². The van der Waals surface area contributed by atoms with Gasteiger partial charge in [0.15, 0.2) is 5.78 Å². The van der Waals surface area contributed by atoms with Crippen LogP contribution >= 0.6 is 0 Å². The first-order chi connectivity index (χ1) is 9.76. The van der Waals surface area contributed by atoms with Gasteiger partial charge in [-0.25, -0.2) is 0 Å². The maximum Gasteiger partial charge on any atom is 0.182 e. The lowest BCUT2D eigenvalue weighted by molar-refractivity contribution is -0.908. The molecule has 1 aliphatic heterocycles. The summed E-state index contributed by atoms with van der Waals surface area (Å²) in [5.74, 6) is 0.469. The first kappa shape index (κ1) is 18.2. The molecular formula is C16H27ClN2O2. The highest BCUT2D eigenvalue weighted by molar-refractivity contribution is 5.96. The van der Waals surface area contributed by atoms with Gasteiger partial charge in [-0.1, -0.05) is 13.8 Å². The Bertz CT molecular complexity index is 424. The second-order valence-corrected chi connectivity index (χ2v) is 5.58. The number of nitrogens with one attached hydrogen (secondary N) is 1. The zero-order valence-corrected chi connectivity index (χ0v) is 13.9. The Hall–Kier alpha value is -0.840. The summed E-state index contributed by atoms with van der Waals surface area (Å²) in [5.41, 5.74) is 0.881. The van der Waals surface area contributed by atoms with E-state index in [0.29, 0.717) is 5.78 Å². The molecule has 1 aliphatic rings. The van der Waals surface area contributed by atoms with E-state index in [2.05, 4.69) is 18.4 Å². The van der Waals surface area contributed by atoms with E-state index in [9.17, 15) is 4.79 Å². The highest BCUT2D eigenvalue weighted by Gasteiger charge is 2.20. The summed E-state index contributed by atoms with van der Waals surface area (Å²) in [6, 6.07) is 3.96. The van der Waals surface area contributed by atoms with Crippen molar-refractivity contribution in [3.63, 3.8) is 0 Å². The van der Waals surface area contributed by atoms with Crippen molar-refractivity contribution < 1.29 is 26.8 Å². The van der Waals surface area contributed by atoms with Crippen LogP contribution in [0.2, 0.25) is 0 Å². The van der Waals surface area contributed by atoms with Gasteiger partial charge in [-0.2, -0.15) is 0 Å². The molecule has 2 heterocycles. The Kier molecular flexibility index (Phi) is 8.01. The number of hydrogen-bond acceptors (Lipinski definition) is 2. The summed E-state index contributed by atoms with van der Waals surface area (Å²) < 4.78 is 7.51. The van der Waals surface area contributed by atoms with Crippen LogP contribution in [0.15, 0.2) is 18.3 Å². The number of ether oxygens (including phenoxy) is 1. The first-order valence-electron chi connectivity index (χ1n) is 7.86. The zero-order valence-electron chi connectivity index (χ0n) is 13.1. The Morgan fingerprint density at radius 3 is 2.62 bits per heavy atom. The van der Waals surface area contributed by atoms with Gasteiger partial charge >= 0.3 is 0 Å². The number of quaternary nitrogens is 1. The van der Waals surface area contributed by atoms with E-state index in [-0.39, 0.29) is 18.3 Å². The molecule has 0 aromatic carbocycles. The van der Waals surface area contributed by atoms with Gasteiger partial charge in [-0.15, -0.1) is 0 Å². The fourth-order valence-corrected chi connectivity index (χ4v) is 2.89. The number of aromatic nitrogens is 1. The third-order valence-corrected chi connectivity index (χ3v) is 4.34. The Morgan fingerprint density at radius 1 is 1.33 bits per heavy atom. The van der Waals surface area contributed by atoms with Crippen molar-refractivity contribution in [2.45, 2.75) is 33.2 Å². The van der Waals surface area contributed by atoms with Crippen molar-refractivity contribution in [1.29, 1.82) is 0 Å². The number of morpholine rings is 1. The quantitative estimate of drug-likeness (QED) is 0.593. The van der Waals surface area contributed by atoms with Gasteiger partial charge in [0.1, 0.15) is 13.1 Å². The van der Waals surface area contributed by atoms with Crippen molar-refractivity contribution in [3.8, 4) is 0 Å². The van der Waals surface area contributed by atoms with E-state index in [0.717, 1.165) is 57.9 Å². The van der Waals surface area contributed by atoms with Gasteiger partial charge in [-0.05, 0) is 25.0 Å². The molecule has 0 amide bonds. The van der Waals surface area contributed by atoms with E-state index in [1.54, 1.807) is 4.90 Å². The van der Waals surface area contributed by atoms with E-state index in [1.807, 2.05) is 18.3 Å². The summed E-state index contributed by atoms with van der Waals surface area (Å²) >= 11 is 0. The smallest absolute Gasteiger partial charge is 0.182 e. The molecule has 4 nitrogen and oxygen atoms in total. The molecule has 1 saturated heterocycles. The van der Waals surface area contributed by atoms with Crippen LogP contribution in [0.4, 0.5) is 0 Å². The lowest BCUT2D eigenvalue weighted by Gasteiger charge is -2.24. The van der Waals surface area contributed by atoms with E-state index >= 15 is 0 Å². The average Bonchev–Trinajstić information content (AvgIpc) is 2.95. The number of halogens is 1. The number of Topliss-reactive ketones (excluding diaryl/α,β-unsaturated/α-hetero) is 1. The average molecular weight is 315 g/mol. The first-order valence-corrected chi connectivity index (χ1v) is 7.86. The molecule has 0 spiro atoms. The van der Waals surface area contributed by atoms with Crippen LogP contribution in [0.3, 0.4) is 0 Å². The second-order valence-electron chi connectivity index (χ2n) is 5.58. The fraction of sp³-hybridized carbons (Fsp3) is 0.688. The summed E-state index contributed by atoms with van der Waals surface area (Å²) in [6.45, 7) is 10.1. The van der Waals surface area contributed by atoms with Gasteiger partial charge in [0, 0.05) is 12.1 Å². The molecule has 0 radical (unpaired) electrons. The predicted octanol–water partition coefficient (Wildman–Crippen LogP) is -1.97. The standard InChI is InChI=1S/C16H26N2O2.ClH/c1-3-14(4-2)16(19)15-6-5-7-18(15)9-8-17-10-12-20-13-11-17;/h5-7,14H,3-4,8-13H2,1-2H3;1H. The molecule has 0 bridgehead atoms. The lowest BCUT2D eigenvalue weighted by Crippen LogP contribution is -3.14. The molecule has 0 saturated carbocycles.